The minimum atomic E-state index is -0.448. The van der Waals surface area contributed by atoms with E-state index in [-0.39, 0.29) is 5.70 Å². The van der Waals surface area contributed by atoms with E-state index < -0.39 is 5.97 Å². The summed E-state index contributed by atoms with van der Waals surface area (Å²) in [6.07, 6.45) is 5.24. The summed E-state index contributed by atoms with van der Waals surface area (Å²) in [5, 5.41) is 0. The van der Waals surface area contributed by atoms with Crippen LogP contribution in [0.25, 0.3) is 12.2 Å². The van der Waals surface area contributed by atoms with Crippen molar-refractivity contribution >= 4 is 24.0 Å². The molecule has 2 aromatic rings. The van der Waals surface area contributed by atoms with Crippen molar-refractivity contribution in [3.05, 3.63) is 77.5 Å². The first-order valence-electron chi connectivity index (χ1n) is 7.73. The van der Waals surface area contributed by atoms with Crippen LogP contribution in [0.5, 0.6) is 5.75 Å². The van der Waals surface area contributed by atoms with E-state index in [1.807, 2.05) is 67.6 Å². The average Bonchev–Trinajstić information content (AvgIpc) is 2.96. The zero-order valence-corrected chi connectivity index (χ0v) is 13.3. The third-order valence-electron chi connectivity index (χ3n) is 3.35. The van der Waals surface area contributed by atoms with Crippen molar-refractivity contribution in [1.82, 2.24) is 0 Å². The highest BCUT2D eigenvalue weighted by Crippen LogP contribution is 2.19. The van der Waals surface area contributed by atoms with E-state index in [1.165, 1.54) is 0 Å². The monoisotopic (exact) mass is 319 g/mol. The van der Waals surface area contributed by atoms with Crippen molar-refractivity contribution in [2.24, 2.45) is 4.99 Å². The normalized spacial score (nSPS) is 15.6. The molecule has 0 fully saturated rings. The summed E-state index contributed by atoms with van der Waals surface area (Å²) in [5.41, 5.74) is 2.16. The van der Waals surface area contributed by atoms with Crippen LogP contribution in [0.4, 0.5) is 0 Å². The summed E-state index contributed by atoms with van der Waals surface area (Å²) < 4.78 is 10.6. The van der Waals surface area contributed by atoms with Crippen molar-refractivity contribution in [3.63, 3.8) is 0 Å². The number of aliphatic imine (C=N–C) groups is 1. The molecule has 0 spiro atoms. The molecule has 0 aliphatic carbocycles. The summed E-state index contributed by atoms with van der Waals surface area (Å²) >= 11 is 0. The number of hydrogen-bond donors (Lipinski definition) is 0. The lowest BCUT2D eigenvalue weighted by Crippen LogP contribution is -2.01. The van der Waals surface area contributed by atoms with Gasteiger partial charge in [0.2, 0.25) is 5.90 Å². The van der Waals surface area contributed by atoms with Gasteiger partial charge in [0, 0.05) is 6.08 Å². The highest BCUT2D eigenvalue weighted by molar-refractivity contribution is 6.11. The molecule has 0 radical (unpaired) electrons. The smallest absolute Gasteiger partial charge is 0.363 e. The van der Waals surface area contributed by atoms with Gasteiger partial charge in [-0.25, -0.2) is 9.79 Å². The number of nitrogens with zero attached hydrogens (tertiary/aromatic N) is 1. The highest BCUT2D eigenvalue weighted by atomic mass is 16.6. The van der Waals surface area contributed by atoms with E-state index in [2.05, 4.69) is 4.99 Å². The first-order chi connectivity index (χ1) is 11.7. The Hall–Kier alpha value is -3.14. The third kappa shape index (κ3) is 3.98. The van der Waals surface area contributed by atoms with Crippen LogP contribution in [0, 0.1) is 0 Å². The lowest BCUT2D eigenvalue weighted by Gasteiger charge is -2.02. The van der Waals surface area contributed by atoms with Gasteiger partial charge < -0.3 is 9.47 Å². The molecule has 1 heterocycles. The van der Waals surface area contributed by atoms with Crippen LogP contribution in [-0.4, -0.2) is 18.5 Å². The molecule has 0 N–H and O–H groups in total. The van der Waals surface area contributed by atoms with E-state index in [0.29, 0.717) is 12.5 Å². The number of esters is 1. The molecule has 1 aliphatic heterocycles. The van der Waals surface area contributed by atoms with Gasteiger partial charge in [0.1, 0.15) is 5.75 Å². The van der Waals surface area contributed by atoms with Crippen LogP contribution in [0.3, 0.4) is 0 Å². The fourth-order valence-corrected chi connectivity index (χ4v) is 2.21. The molecule has 0 aromatic heterocycles. The molecular formula is C20H17NO3. The molecule has 0 bridgehead atoms. The molecule has 4 nitrogen and oxygen atoms in total. The molecule has 0 atom stereocenters. The third-order valence-corrected chi connectivity index (χ3v) is 3.35. The maximum Gasteiger partial charge on any atom is 0.363 e. The predicted octanol–water partition coefficient (Wildman–Crippen LogP) is 4.09. The zero-order chi connectivity index (χ0) is 16.8. The maximum absolute atomic E-state index is 11.9. The number of cyclic esters (lactones) is 1. The Balaban J connectivity index is 1.74. The molecule has 3 rings (SSSR count). The summed E-state index contributed by atoms with van der Waals surface area (Å²) in [7, 11) is 0. The summed E-state index contributed by atoms with van der Waals surface area (Å²) in [6, 6.07) is 17.2. The van der Waals surface area contributed by atoms with Gasteiger partial charge in [-0.15, -0.1) is 0 Å². The Labute approximate surface area is 140 Å². The Morgan fingerprint density at radius 2 is 1.75 bits per heavy atom. The van der Waals surface area contributed by atoms with Crippen LogP contribution < -0.4 is 4.74 Å². The Kier molecular flexibility index (Phi) is 4.87. The Bertz CT molecular complexity index is 803. The van der Waals surface area contributed by atoms with Gasteiger partial charge in [0.15, 0.2) is 5.70 Å². The molecule has 2 aromatic carbocycles. The molecule has 24 heavy (non-hydrogen) atoms. The predicted molar refractivity (Wildman–Crippen MR) is 94.6 cm³/mol. The lowest BCUT2D eigenvalue weighted by atomic mass is 10.2. The molecular weight excluding hydrogens is 302 g/mol. The molecule has 120 valence electrons. The molecule has 0 amide bonds. The highest BCUT2D eigenvalue weighted by Gasteiger charge is 2.20. The minimum Gasteiger partial charge on any atom is -0.494 e. The van der Waals surface area contributed by atoms with Gasteiger partial charge in [-0.2, -0.15) is 0 Å². The van der Waals surface area contributed by atoms with E-state index in [1.54, 1.807) is 12.2 Å². The first-order valence-corrected chi connectivity index (χ1v) is 7.73. The summed E-state index contributed by atoms with van der Waals surface area (Å²) in [6.45, 7) is 2.55. The van der Waals surface area contributed by atoms with Crippen LogP contribution in [-0.2, 0) is 9.53 Å². The second-order valence-corrected chi connectivity index (χ2v) is 5.12. The van der Waals surface area contributed by atoms with Crippen molar-refractivity contribution in [2.45, 2.75) is 6.92 Å². The van der Waals surface area contributed by atoms with E-state index in [4.69, 9.17) is 9.47 Å². The maximum atomic E-state index is 11.9. The van der Waals surface area contributed by atoms with Crippen molar-refractivity contribution < 1.29 is 14.3 Å². The Morgan fingerprint density at radius 1 is 1.00 bits per heavy atom. The van der Waals surface area contributed by atoms with Gasteiger partial charge in [0.25, 0.3) is 0 Å². The van der Waals surface area contributed by atoms with Gasteiger partial charge in [-0.3, -0.25) is 0 Å². The minimum absolute atomic E-state index is 0.284. The second-order valence-electron chi connectivity index (χ2n) is 5.12. The fourth-order valence-electron chi connectivity index (χ4n) is 2.21. The van der Waals surface area contributed by atoms with Crippen LogP contribution >= 0.6 is 0 Å². The summed E-state index contributed by atoms with van der Waals surface area (Å²) in [5.74, 6) is 0.640. The summed E-state index contributed by atoms with van der Waals surface area (Å²) in [4.78, 5) is 16.1. The lowest BCUT2D eigenvalue weighted by molar-refractivity contribution is -0.129. The number of rotatable bonds is 5. The van der Waals surface area contributed by atoms with Crippen LogP contribution in [0.2, 0.25) is 0 Å². The van der Waals surface area contributed by atoms with E-state index in [0.717, 1.165) is 16.9 Å². The number of carbonyl (C=O) groups is 1. The van der Waals surface area contributed by atoms with Crippen molar-refractivity contribution in [3.8, 4) is 5.75 Å². The Morgan fingerprint density at radius 3 is 2.46 bits per heavy atom. The topological polar surface area (TPSA) is 47.9 Å². The number of hydrogen-bond acceptors (Lipinski definition) is 4. The SMILES string of the molecule is CCOc1ccc(/C=C2N=C(/C=C\c3ccccc3)OC\2=O)cc1. The average molecular weight is 319 g/mol. The second kappa shape index (κ2) is 7.42. The number of ether oxygens (including phenoxy) is 2. The molecule has 4 heteroatoms. The zero-order valence-electron chi connectivity index (χ0n) is 13.3. The molecule has 0 saturated carbocycles. The quantitative estimate of drug-likeness (QED) is 0.616. The standard InChI is InChI=1S/C20H17NO3/c1-2-23-17-11-8-16(9-12-17)14-18-20(22)24-19(21-18)13-10-15-6-4-3-5-7-15/h3-14H,2H2,1H3/b13-10-,18-14-. The van der Waals surface area contributed by atoms with Crippen LogP contribution in [0.1, 0.15) is 18.1 Å². The van der Waals surface area contributed by atoms with Crippen molar-refractivity contribution in [1.29, 1.82) is 0 Å². The molecule has 1 aliphatic rings. The van der Waals surface area contributed by atoms with Gasteiger partial charge in [-0.1, -0.05) is 42.5 Å². The van der Waals surface area contributed by atoms with Gasteiger partial charge in [-0.05, 0) is 42.3 Å². The molecule has 0 unspecified atom stereocenters. The largest absolute Gasteiger partial charge is 0.494 e. The van der Waals surface area contributed by atoms with Gasteiger partial charge >= 0.3 is 5.97 Å². The van der Waals surface area contributed by atoms with E-state index in [9.17, 15) is 4.79 Å². The van der Waals surface area contributed by atoms with Crippen molar-refractivity contribution in [2.75, 3.05) is 6.61 Å². The number of carbonyl (C=O) groups excluding carboxylic acids is 1. The number of benzene rings is 2. The van der Waals surface area contributed by atoms with Gasteiger partial charge in [0.05, 0.1) is 6.61 Å². The van der Waals surface area contributed by atoms with E-state index >= 15 is 0 Å². The fraction of sp³-hybridized carbons (Fsp3) is 0.100. The first kappa shape index (κ1) is 15.7. The van der Waals surface area contributed by atoms with Crippen LogP contribution in [0.15, 0.2) is 71.4 Å². The molecule has 0 saturated heterocycles.